The summed E-state index contributed by atoms with van der Waals surface area (Å²) in [6.45, 7) is 1.96. The summed E-state index contributed by atoms with van der Waals surface area (Å²) in [6, 6.07) is 13.9. The fourth-order valence-corrected chi connectivity index (χ4v) is 2.40. The van der Waals surface area contributed by atoms with Gasteiger partial charge in [0, 0.05) is 5.56 Å². The van der Waals surface area contributed by atoms with Gasteiger partial charge in [-0.25, -0.2) is 13.2 Å². The summed E-state index contributed by atoms with van der Waals surface area (Å²) < 4.78 is 41.2. The van der Waals surface area contributed by atoms with Crippen molar-refractivity contribution in [2.45, 2.75) is 6.92 Å². The van der Waals surface area contributed by atoms with Gasteiger partial charge in [-0.1, -0.05) is 42.0 Å². The molecule has 0 aliphatic heterocycles. The highest BCUT2D eigenvalue weighted by Gasteiger charge is 2.14. The van der Waals surface area contributed by atoms with Crippen molar-refractivity contribution in [2.24, 2.45) is 0 Å². The minimum Gasteiger partial charge on any atom is -0.503 e. The number of rotatable bonds is 2. The number of aromatic hydroxyl groups is 1. The fraction of sp³-hybridized carbons (Fsp3) is 0.0526. The summed E-state index contributed by atoms with van der Waals surface area (Å²) in [5.74, 6) is -3.90. The average molecular weight is 314 g/mol. The highest BCUT2D eigenvalue weighted by molar-refractivity contribution is 5.71. The third kappa shape index (κ3) is 2.93. The molecule has 0 atom stereocenters. The highest BCUT2D eigenvalue weighted by Crippen LogP contribution is 2.31. The van der Waals surface area contributed by atoms with Crippen LogP contribution in [0.5, 0.6) is 5.75 Å². The van der Waals surface area contributed by atoms with E-state index >= 15 is 0 Å². The van der Waals surface area contributed by atoms with E-state index in [1.54, 1.807) is 6.07 Å². The van der Waals surface area contributed by atoms with Crippen LogP contribution >= 0.6 is 0 Å². The Morgan fingerprint density at radius 3 is 1.74 bits per heavy atom. The summed E-state index contributed by atoms with van der Waals surface area (Å²) in [4.78, 5) is 0. The van der Waals surface area contributed by atoms with Crippen molar-refractivity contribution in [3.63, 3.8) is 0 Å². The first-order valence-corrected chi connectivity index (χ1v) is 7.00. The number of benzene rings is 3. The monoisotopic (exact) mass is 314 g/mol. The van der Waals surface area contributed by atoms with Crippen molar-refractivity contribution in [1.29, 1.82) is 0 Å². The van der Waals surface area contributed by atoms with E-state index in [2.05, 4.69) is 0 Å². The van der Waals surface area contributed by atoms with Crippen molar-refractivity contribution < 1.29 is 18.3 Å². The van der Waals surface area contributed by atoms with Crippen LogP contribution in [-0.4, -0.2) is 5.11 Å². The third-order valence-electron chi connectivity index (χ3n) is 3.68. The standard InChI is InChI=1S/C19H13F3O/c1-11-2-4-12(5-3-11)13-6-7-15(16(20)8-13)14-9-17(21)19(23)18(22)10-14/h2-10,23H,1H3. The topological polar surface area (TPSA) is 20.2 Å². The molecule has 0 spiro atoms. The molecule has 116 valence electrons. The van der Waals surface area contributed by atoms with Crippen molar-refractivity contribution in [3.05, 3.63) is 77.6 Å². The summed E-state index contributed by atoms with van der Waals surface area (Å²) >= 11 is 0. The van der Waals surface area contributed by atoms with Gasteiger partial charge in [0.05, 0.1) is 0 Å². The lowest BCUT2D eigenvalue weighted by Crippen LogP contribution is -1.90. The molecule has 4 heteroatoms. The quantitative estimate of drug-likeness (QED) is 0.666. The van der Waals surface area contributed by atoms with E-state index in [-0.39, 0.29) is 11.1 Å². The van der Waals surface area contributed by atoms with Gasteiger partial charge in [-0.05, 0) is 41.8 Å². The zero-order valence-corrected chi connectivity index (χ0v) is 12.3. The van der Waals surface area contributed by atoms with Crippen LogP contribution in [0.25, 0.3) is 22.3 Å². The molecule has 0 bridgehead atoms. The van der Waals surface area contributed by atoms with E-state index < -0.39 is 23.2 Å². The highest BCUT2D eigenvalue weighted by atomic mass is 19.1. The zero-order valence-electron chi connectivity index (χ0n) is 12.3. The van der Waals surface area contributed by atoms with Gasteiger partial charge < -0.3 is 5.11 Å². The molecule has 23 heavy (non-hydrogen) atoms. The lowest BCUT2D eigenvalue weighted by Gasteiger charge is -2.08. The third-order valence-corrected chi connectivity index (χ3v) is 3.68. The second kappa shape index (κ2) is 5.80. The molecular formula is C19H13F3O. The molecule has 0 radical (unpaired) electrons. The molecule has 3 aromatic carbocycles. The van der Waals surface area contributed by atoms with E-state index in [0.717, 1.165) is 23.3 Å². The molecule has 0 saturated heterocycles. The molecule has 0 aliphatic carbocycles. The summed E-state index contributed by atoms with van der Waals surface area (Å²) in [5.41, 5.74) is 2.72. The molecule has 0 heterocycles. The average Bonchev–Trinajstić information content (AvgIpc) is 2.53. The SMILES string of the molecule is Cc1ccc(-c2ccc(-c3cc(F)c(O)c(F)c3)c(F)c2)cc1. The summed E-state index contributed by atoms with van der Waals surface area (Å²) in [5, 5.41) is 9.12. The predicted octanol–water partition coefficient (Wildman–Crippen LogP) is 5.45. The van der Waals surface area contributed by atoms with Gasteiger partial charge >= 0.3 is 0 Å². The van der Waals surface area contributed by atoms with Gasteiger partial charge in [0.15, 0.2) is 17.4 Å². The first kappa shape index (κ1) is 15.2. The molecule has 1 nitrogen and oxygen atoms in total. The van der Waals surface area contributed by atoms with Crippen LogP contribution in [0.2, 0.25) is 0 Å². The van der Waals surface area contributed by atoms with Gasteiger partial charge in [-0.15, -0.1) is 0 Å². The van der Waals surface area contributed by atoms with Crippen LogP contribution in [0.15, 0.2) is 54.6 Å². The Balaban J connectivity index is 2.04. The Kier molecular flexibility index (Phi) is 3.82. The zero-order chi connectivity index (χ0) is 16.6. The lowest BCUT2D eigenvalue weighted by atomic mass is 9.99. The molecule has 0 amide bonds. The molecular weight excluding hydrogens is 301 g/mol. The predicted molar refractivity (Wildman–Crippen MR) is 83.6 cm³/mol. The second-order valence-corrected chi connectivity index (χ2v) is 5.35. The number of phenols is 1. The van der Waals surface area contributed by atoms with Crippen LogP contribution in [0.1, 0.15) is 5.56 Å². The Hall–Kier alpha value is -2.75. The molecule has 3 aromatic rings. The van der Waals surface area contributed by atoms with Crippen molar-refractivity contribution in [1.82, 2.24) is 0 Å². The van der Waals surface area contributed by atoms with E-state index in [1.165, 1.54) is 12.1 Å². The van der Waals surface area contributed by atoms with Crippen LogP contribution < -0.4 is 0 Å². The lowest BCUT2D eigenvalue weighted by molar-refractivity contribution is 0.396. The number of aryl methyl sites for hydroxylation is 1. The van der Waals surface area contributed by atoms with Crippen molar-refractivity contribution in [3.8, 4) is 28.0 Å². The van der Waals surface area contributed by atoms with Crippen LogP contribution in [0, 0.1) is 24.4 Å². The molecule has 0 aromatic heterocycles. The van der Waals surface area contributed by atoms with Crippen molar-refractivity contribution >= 4 is 0 Å². The first-order chi connectivity index (χ1) is 11.0. The largest absolute Gasteiger partial charge is 0.503 e. The second-order valence-electron chi connectivity index (χ2n) is 5.35. The molecule has 0 fully saturated rings. The minimum absolute atomic E-state index is 0.0331. The smallest absolute Gasteiger partial charge is 0.187 e. The number of hydrogen-bond donors (Lipinski definition) is 1. The number of halogens is 3. The first-order valence-electron chi connectivity index (χ1n) is 7.00. The Morgan fingerprint density at radius 2 is 1.17 bits per heavy atom. The molecule has 0 saturated carbocycles. The number of hydrogen-bond acceptors (Lipinski definition) is 1. The van der Waals surface area contributed by atoms with Gasteiger partial charge in [-0.3, -0.25) is 0 Å². The van der Waals surface area contributed by atoms with E-state index in [4.69, 9.17) is 5.11 Å². The maximum atomic E-state index is 14.4. The maximum absolute atomic E-state index is 14.4. The molecule has 0 aliphatic rings. The Labute approximate surface area is 131 Å². The van der Waals surface area contributed by atoms with Gasteiger partial charge in [-0.2, -0.15) is 0 Å². The molecule has 1 N–H and O–H groups in total. The Bertz CT molecular complexity index is 847. The minimum atomic E-state index is -1.12. The van der Waals surface area contributed by atoms with Crippen LogP contribution in [0.3, 0.4) is 0 Å². The van der Waals surface area contributed by atoms with Gasteiger partial charge in [0.1, 0.15) is 5.82 Å². The van der Waals surface area contributed by atoms with E-state index in [0.29, 0.717) is 5.56 Å². The number of phenolic OH excluding ortho intramolecular Hbond substituents is 1. The molecule has 3 rings (SSSR count). The summed E-state index contributed by atoms with van der Waals surface area (Å²) in [7, 11) is 0. The van der Waals surface area contributed by atoms with Crippen LogP contribution in [-0.2, 0) is 0 Å². The van der Waals surface area contributed by atoms with Gasteiger partial charge in [0.25, 0.3) is 0 Å². The Morgan fingerprint density at radius 1 is 0.652 bits per heavy atom. The summed E-state index contributed by atoms with van der Waals surface area (Å²) in [6.07, 6.45) is 0. The molecule has 0 unspecified atom stereocenters. The van der Waals surface area contributed by atoms with E-state index in [1.807, 2.05) is 31.2 Å². The van der Waals surface area contributed by atoms with Crippen molar-refractivity contribution in [2.75, 3.05) is 0 Å². The fourth-order valence-electron chi connectivity index (χ4n) is 2.40. The van der Waals surface area contributed by atoms with Crippen LogP contribution in [0.4, 0.5) is 13.2 Å². The normalized spacial score (nSPS) is 10.8. The maximum Gasteiger partial charge on any atom is 0.187 e. The van der Waals surface area contributed by atoms with E-state index in [9.17, 15) is 13.2 Å². The van der Waals surface area contributed by atoms with Gasteiger partial charge in [0.2, 0.25) is 0 Å².